The highest BCUT2D eigenvalue weighted by atomic mass is 16.5. The fraction of sp³-hybridized carbons (Fsp3) is 0.429. The molecule has 3 rings (SSSR count). The first-order chi connectivity index (χ1) is 18.3. The molecule has 0 radical (unpaired) electrons. The van der Waals surface area contributed by atoms with Gasteiger partial charge >= 0.3 is 23.9 Å². The van der Waals surface area contributed by atoms with Crippen LogP contribution >= 0.6 is 0 Å². The second-order valence-corrected chi connectivity index (χ2v) is 9.28. The van der Waals surface area contributed by atoms with Crippen molar-refractivity contribution in [2.75, 3.05) is 0 Å². The maximum absolute atomic E-state index is 12.1. The zero-order valence-corrected chi connectivity index (χ0v) is 21.1. The molecule has 2 aromatic rings. The lowest BCUT2D eigenvalue weighted by Gasteiger charge is -2.41. The van der Waals surface area contributed by atoms with Crippen LogP contribution in [0, 0.1) is 0 Å². The number of carboxylic acid groups (broad SMARTS) is 2. The van der Waals surface area contributed by atoms with E-state index < -0.39 is 36.0 Å². The van der Waals surface area contributed by atoms with Gasteiger partial charge in [-0.3, -0.25) is 19.2 Å². The van der Waals surface area contributed by atoms with Crippen LogP contribution in [0.2, 0.25) is 0 Å². The number of rotatable bonds is 16. The van der Waals surface area contributed by atoms with Crippen LogP contribution in [0.25, 0.3) is 0 Å². The van der Waals surface area contributed by atoms with Crippen LogP contribution in [0.5, 0.6) is 0 Å². The predicted molar refractivity (Wildman–Crippen MR) is 137 cm³/mol. The molecule has 1 aliphatic carbocycles. The zero-order chi connectivity index (χ0) is 27.3. The largest absolute Gasteiger partial charge is 0.480 e. The minimum absolute atomic E-state index is 0.0434. The Hall–Kier alpha value is -3.76. The molecule has 4 atom stereocenters. The molecule has 1 fully saturated rings. The topological polar surface area (TPSA) is 151 Å². The summed E-state index contributed by atoms with van der Waals surface area (Å²) in [7, 11) is 0. The quantitative estimate of drug-likeness (QED) is 0.240. The van der Waals surface area contributed by atoms with Crippen molar-refractivity contribution in [1.82, 2.24) is 10.6 Å². The fourth-order valence-electron chi connectivity index (χ4n) is 4.12. The molecule has 1 aliphatic rings. The van der Waals surface area contributed by atoms with E-state index in [0.29, 0.717) is 12.8 Å². The summed E-state index contributed by atoms with van der Waals surface area (Å²) in [5.41, 5.74) is 1.68. The molecular weight excluding hydrogens is 492 g/mol. The molecule has 4 N–H and O–H groups in total. The summed E-state index contributed by atoms with van der Waals surface area (Å²) in [6.45, 7) is 0.242. The number of hydrogen-bond donors (Lipinski definition) is 4. The van der Waals surface area contributed by atoms with Gasteiger partial charge in [0.05, 0.1) is 0 Å². The summed E-state index contributed by atoms with van der Waals surface area (Å²) in [5.74, 6) is -3.17. The molecule has 4 unspecified atom stereocenters. The summed E-state index contributed by atoms with van der Waals surface area (Å²) in [6.07, 6.45) is 1.27. The van der Waals surface area contributed by atoms with Gasteiger partial charge in [-0.05, 0) is 36.8 Å². The Kier molecular flexibility index (Phi) is 11.3. The first-order valence-corrected chi connectivity index (χ1v) is 12.7. The van der Waals surface area contributed by atoms with Crippen molar-refractivity contribution in [3.05, 3.63) is 71.8 Å². The van der Waals surface area contributed by atoms with Crippen LogP contribution in [0.3, 0.4) is 0 Å². The summed E-state index contributed by atoms with van der Waals surface area (Å²) < 4.78 is 10.4. The summed E-state index contributed by atoms with van der Waals surface area (Å²) in [6, 6.07) is 15.9. The number of benzene rings is 2. The van der Waals surface area contributed by atoms with Crippen molar-refractivity contribution in [2.45, 2.75) is 75.9 Å². The Morgan fingerprint density at radius 1 is 0.684 bits per heavy atom. The molecule has 1 saturated carbocycles. The molecule has 0 heterocycles. The first kappa shape index (κ1) is 28.8. The molecule has 204 valence electrons. The number of carbonyl (C=O) groups excluding carboxylic acids is 2. The molecule has 0 bridgehead atoms. The van der Waals surface area contributed by atoms with Crippen molar-refractivity contribution in [3.63, 3.8) is 0 Å². The Morgan fingerprint density at radius 2 is 1.05 bits per heavy atom. The molecule has 0 aliphatic heterocycles. The first-order valence-electron chi connectivity index (χ1n) is 12.7. The van der Waals surface area contributed by atoms with E-state index in [2.05, 4.69) is 10.6 Å². The maximum atomic E-state index is 12.1. The van der Waals surface area contributed by atoms with Crippen LogP contribution in [0.4, 0.5) is 0 Å². The SMILES string of the molecule is O=C(CCC(NC1CCC1NC(CCC(=O)OCc1ccccc1)C(=O)O)C(=O)O)OCc1ccccc1. The minimum Gasteiger partial charge on any atom is -0.480 e. The monoisotopic (exact) mass is 526 g/mol. The van der Waals surface area contributed by atoms with Gasteiger partial charge in [-0.2, -0.15) is 0 Å². The van der Waals surface area contributed by atoms with E-state index in [1.165, 1.54) is 0 Å². The van der Waals surface area contributed by atoms with Gasteiger partial charge in [0.2, 0.25) is 0 Å². The Labute approximate surface area is 221 Å². The molecule has 0 saturated heterocycles. The van der Waals surface area contributed by atoms with Crippen LogP contribution in [0.15, 0.2) is 60.7 Å². The number of hydrogen-bond acceptors (Lipinski definition) is 8. The molecule has 38 heavy (non-hydrogen) atoms. The lowest BCUT2D eigenvalue weighted by atomic mass is 9.84. The normalized spacial score (nSPS) is 18.0. The smallest absolute Gasteiger partial charge is 0.320 e. The van der Waals surface area contributed by atoms with E-state index in [1.807, 2.05) is 60.7 Å². The zero-order valence-electron chi connectivity index (χ0n) is 21.1. The second-order valence-electron chi connectivity index (χ2n) is 9.28. The Bertz CT molecular complexity index is 978. The molecule has 0 amide bonds. The van der Waals surface area contributed by atoms with E-state index in [-0.39, 0.29) is 51.0 Å². The molecule has 0 spiro atoms. The average Bonchev–Trinajstić information content (AvgIpc) is 2.90. The number of aliphatic carboxylic acids is 2. The third-order valence-electron chi connectivity index (χ3n) is 6.46. The molecule has 10 nitrogen and oxygen atoms in total. The molecule has 0 aromatic heterocycles. The minimum atomic E-state index is -1.09. The highest BCUT2D eigenvalue weighted by Crippen LogP contribution is 2.23. The van der Waals surface area contributed by atoms with Gasteiger partial charge < -0.3 is 30.3 Å². The number of carbonyl (C=O) groups is 4. The van der Waals surface area contributed by atoms with Crippen molar-refractivity contribution in [2.24, 2.45) is 0 Å². The third-order valence-corrected chi connectivity index (χ3v) is 6.46. The number of ether oxygens (including phenoxy) is 2. The lowest BCUT2D eigenvalue weighted by molar-refractivity contribution is -0.147. The van der Waals surface area contributed by atoms with E-state index >= 15 is 0 Å². The predicted octanol–water partition coefficient (Wildman–Crippen LogP) is 2.65. The third kappa shape index (κ3) is 9.60. The van der Waals surface area contributed by atoms with Crippen molar-refractivity contribution < 1.29 is 38.9 Å². The van der Waals surface area contributed by atoms with E-state index in [9.17, 15) is 29.4 Å². The van der Waals surface area contributed by atoms with E-state index in [4.69, 9.17) is 9.47 Å². The van der Waals surface area contributed by atoms with Gasteiger partial charge in [0.1, 0.15) is 25.3 Å². The van der Waals surface area contributed by atoms with E-state index in [0.717, 1.165) is 11.1 Å². The molecule has 2 aromatic carbocycles. The van der Waals surface area contributed by atoms with Gasteiger partial charge in [0.15, 0.2) is 0 Å². The van der Waals surface area contributed by atoms with Gasteiger partial charge in [-0.1, -0.05) is 60.7 Å². The van der Waals surface area contributed by atoms with Gasteiger partial charge in [0.25, 0.3) is 0 Å². The molecular formula is C28H34N2O8. The summed E-state index contributed by atoms with van der Waals surface area (Å²) in [4.78, 5) is 47.7. The maximum Gasteiger partial charge on any atom is 0.320 e. The molecule has 10 heteroatoms. The van der Waals surface area contributed by atoms with Crippen molar-refractivity contribution >= 4 is 23.9 Å². The van der Waals surface area contributed by atoms with Gasteiger partial charge in [-0.25, -0.2) is 0 Å². The Morgan fingerprint density at radius 3 is 1.37 bits per heavy atom. The average molecular weight is 527 g/mol. The van der Waals surface area contributed by atoms with Crippen LogP contribution < -0.4 is 10.6 Å². The van der Waals surface area contributed by atoms with E-state index in [1.54, 1.807) is 0 Å². The standard InChI is InChI=1S/C28H34N2O8/c31-25(37-17-19-7-3-1-4-8-19)15-13-23(27(33)34)29-21-11-12-22(21)30-24(28(35)36)14-16-26(32)38-18-20-9-5-2-6-10-20/h1-10,21-24,29-30H,11-18H2,(H,33,34)(H,35,36). The van der Waals surface area contributed by atoms with Crippen LogP contribution in [-0.2, 0) is 41.9 Å². The van der Waals surface area contributed by atoms with Crippen LogP contribution in [-0.4, -0.2) is 58.3 Å². The number of esters is 2. The van der Waals surface area contributed by atoms with Crippen molar-refractivity contribution in [3.8, 4) is 0 Å². The lowest BCUT2D eigenvalue weighted by Crippen LogP contribution is -2.61. The summed E-state index contributed by atoms with van der Waals surface area (Å²) in [5, 5.41) is 25.3. The van der Waals surface area contributed by atoms with Crippen molar-refractivity contribution in [1.29, 1.82) is 0 Å². The second kappa shape index (κ2) is 14.8. The van der Waals surface area contributed by atoms with Crippen LogP contribution in [0.1, 0.15) is 49.7 Å². The Balaban J connectivity index is 1.41. The number of nitrogens with one attached hydrogen (secondary N) is 2. The summed E-state index contributed by atoms with van der Waals surface area (Å²) >= 11 is 0. The van der Waals surface area contributed by atoms with Gasteiger partial charge in [0, 0.05) is 24.9 Å². The highest BCUT2D eigenvalue weighted by Gasteiger charge is 2.36. The van der Waals surface area contributed by atoms with Gasteiger partial charge in [-0.15, -0.1) is 0 Å². The fourth-order valence-corrected chi connectivity index (χ4v) is 4.12. The highest BCUT2D eigenvalue weighted by molar-refractivity contribution is 5.76. The number of carboxylic acids is 2.